The third kappa shape index (κ3) is 4.92. The molecule has 2 heterocycles. The number of nitrogens with one attached hydrogen (secondary N) is 1. The molecule has 0 aliphatic carbocycles. The lowest BCUT2D eigenvalue weighted by Gasteiger charge is -2.33. The molecule has 0 saturated carbocycles. The molecule has 1 fully saturated rings. The largest absolute Gasteiger partial charge is 0.493 e. The second-order valence-corrected chi connectivity index (χ2v) is 6.66. The first-order valence-corrected chi connectivity index (χ1v) is 9.33. The number of rotatable bonds is 7. The number of hydrogen-bond acceptors (Lipinski definition) is 7. The zero-order chi connectivity index (χ0) is 20.8. The Labute approximate surface area is 169 Å². The number of nitrogens with zero attached hydrogens (tertiary/aromatic N) is 4. The molecule has 0 radical (unpaired) electrons. The Balaban J connectivity index is 1.68. The van der Waals surface area contributed by atoms with Crippen molar-refractivity contribution in [2.24, 2.45) is 0 Å². The quantitative estimate of drug-likeness (QED) is 0.694. The van der Waals surface area contributed by atoms with Crippen LogP contribution in [0.15, 0.2) is 24.3 Å². The maximum atomic E-state index is 12.7. The minimum Gasteiger partial charge on any atom is -0.493 e. The SMILES string of the molecule is COc1ccc(CNC(=O)c2cc(N3CCN(C=O)CC3)nc(C)n2)cc1OC. The van der Waals surface area contributed by atoms with E-state index < -0.39 is 0 Å². The van der Waals surface area contributed by atoms with Crippen LogP contribution in [0.5, 0.6) is 11.5 Å². The van der Waals surface area contributed by atoms with E-state index in [4.69, 9.17) is 9.47 Å². The fourth-order valence-electron chi connectivity index (χ4n) is 3.15. The van der Waals surface area contributed by atoms with E-state index in [1.165, 1.54) is 0 Å². The molecule has 1 aliphatic heterocycles. The average molecular weight is 399 g/mol. The van der Waals surface area contributed by atoms with Crippen LogP contribution in [-0.2, 0) is 11.3 Å². The number of carbonyl (C=O) groups is 2. The molecular formula is C20H25N5O4. The van der Waals surface area contributed by atoms with Gasteiger partial charge in [-0.15, -0.1) is 0 Å². The van der Waals surface area contributed by atoms with Crippen LogP contribution in [0.2, 0.25) is 0 Å². The molecule has 1 N–H and O–H groups in total. The van der Waals surface area contributed by atoms with E-state index in [1.54, 1.807) is 38.2 Å². The average Bonchev–Trinajstić information content (AvgIpc) is 2.76. The first-order chi connectivity index (χ1) is 14.0. The number of methoxy groups -OCH3 is 2. The molecule has 1 aliphatic rings. The van der Waals surface area contributed by atoms with Crippen LogP contribution in [-0.4, -0.2) is 67.6 Å². The summed E-state index contributed by atoms with van der Waals surface area (Å²) < 4.78 is 10.5. The van der Waals surface area contributed by atoms with Gasteiger partial charge in [0.2, 0.25) is 6.41 Å². The molecule has 154 valence electrons. The number of carbonyl (C=O) groups excluding carboxylic acids is 2. The normalized spacial score (nSPS) is 13.8. The molecule has 9 nitrogen and oxygen atoms in total. The van der Waals surface area contributed by atoms with E-state index in [-0.39, 0.29) is 5.91 Å². The summed E-state index contributed by atoms with van der Waals surface area (Å²) in [5, 5.41) is 2.88. The van der Waals surface area contributed by atoms with Gasteiger partial charge in [-0.1, -0.05) is 6.07 Å². The number of hydrogen-bond donors (Lipinski definition) is 1. The van der Waals surface area contributed by atoms with Crippen LogP contribution in [0.25, 0.3) is 0 Å². The maximum Gasteiger partial charge on any atom is 0.270 e. The Hall–Kier alpha value is -3.36. The minimum absolute atomic E-state index is 0.280. The van der Waals surface area contributed by atoms with Crippen LogP contribution < -0.4 is 19.7 Å². The minimum atomic E-state index is -0.280. The zero-order valence-corrected chi connectivity index (χ0v) is 16.8. The van der Waals surface area contributed by atoms with Crippen molar-refractivity contribution in [1.82, 2.24) is 20.2 Å². The number of anilines is 1. The third-order valence-corrected chi connectivity index (χ3v) is 4.75. The van der Waals surface area contributed by atoms with Gasteiger partial charge in [0.15, 0.2) is 11.5 Å². The van der Waals surface area contributed by atoms with Crippen molar-refractivity contribution in [2.75, 3.05) is 45.3 Å². The first kappa shape index (κ1) is 20.4. The number of piperazine rings is 1. The molecule has 1 aromatic carbocycles. The summed E-state index contributed by atoms with van der Waals surface area (Å²) in [6, 6.07) is 7.17. The van der Waals surface area contributed by atoms with Gasteiger partial charge in [-0.2, -0.15) is 0 Å². The van der Waals surface area contributed by atoms with Crippen molar-refractivity contribution >= 4 is 18.1 Å². The first-order valence-electron chi connectivity index (χ1n) is 9.33. The Morgan fingerprint density at radius 1 is 1.10 bits per heavy atom. The number of ether oxygens (including phenoxy) is 2. The molecular weight excluding hydrogens is 374 g/mol. The van der Waals surface area contributed by atoms with Gasteiger partial charge in [-0.25, -0.2) is 9.97 Å². The van der Waals surface area contributed by atoms with Crippen molar-refractivity contribution in [3.05, 3.63) is 41.3 Å². The van der Waals surface area contributed by atoms with Crippen molar-refractivity contribution in [1.29, 1.82) is 0 Å². The molecule has 1 saturated heterocycles. The molecule has 0 unspecified atom stereocenters. The zero-order valence-electron chi connectivity index (χ0n) is 16.8. The van der Waals surface area contributed by atoms with E-state index in [0.29, 0.717) is 61.6 Å². The van der Waals surface area contributed by atoms with Crippen LogP contribution >= 0.6 is 0 Å². The monoisotopic (exact) mass is 399 g/mol. The van der Waals surface area contributed by atoms with Crippen LogP contribution in [0, 0.1) is 6.92 Å². The molecule has 29 heavy (non-hydrogen) atoms. The number of aryl methyl sites for hydroxylation is 1. The van der Waals surface area contributed by atoms with Crippen LogP contribution in [0.1, 0.15) is 21.9 Å². The summed E-state index contributed by atoms with van der Waals surface area (Å²) in [5.74, 6) is 2.18. The van der Waals surface area contributed by atoms with E-state index in [0.717, 1.165) is 12.0 Å². The van der Waals surface area contributed by atoms with Crippen LogP contribution in [0.3, 0.4) is 0 Å². The smallest absolute Gasteiger partial charge is 0.270 e. The summed E-state index contributed by atoms with van der Waals surface area (Å²) in [6.07, 6.45) is 0.857. The van der Waals surface area contributed by atoms with Crippen LogP contribution in [0.4, 0.5) is 5.82 Å². The third-order valence-electron chi connectivity index (χ3n) is 4.75. The van der Waals surface area contributed by atoms with Crippen molar-refractivity contribution in [3.8, 4) is 11.5 Å². The lowest BCUT2D eigenvalue weighted by molar-refractivity contribution is -0.118. The molecule has 3 rings (SSSR count). The maximum absolute atomic E-state index is 12.7. The number of amides is 2. The van der Waals surface area contributed by atoms with E-state index in [1.807, 2.05) is 12.1 Å². The van der Waals surface area contributed by atoms with Crippen molar-refractivity contribution in [2.45, 2.75) is 13.5 Å². The Morgan fingerprint density at radius 3 is 2.48 bits per heavy atom. The summed E-state index contributed by atoms with van der Waals surface area (Å²) in [7, 11) is 3.15. The highest BCUT2D eigenvalue weighted by Gasteiger charge is 2.19. The van der Waals surface area contributed by atoms with Gasteiger partial charge in [0.25, 0.3) is 5.91 Å². The van der Waals surface area contributed by atoms with E-state index >= 15 is 0 Å². The number of benzene rings is 1. The molecule has 2 aromatic rings. The van der Waals surface area contributed by atoms with Crippen molar-refractivity contribution < 1.29 is 19.1 Å². The van der Waals surface area contributed by atoms with Gasteiger partial charge in [0.05, 0.1) is 14.2 Å². The predicted molar refractivity (Wildman–Crippen MR) is 107 cm³/mol. The van der Waals surface area contributed by atoms with E-state index in [9.17, 15) is 9.59 Å². The fraction of sp³-hybridized carbons (Fsp3) is 0.400. The summed E-state index contributed by atoms with van der Waals surface area (Å²) in [4.78, 5) is 36.0. The second kappa shape index (κ2) is 9.22. The topological polar surface area (TPSA) is 96.9 Å². The van der Waals surface area contributed by atoms with E-state index in [2.05, 4.69) is 20.2 Å². The Morgan fingerprint density at radius 2 is 1.83 bits per heavy atom. The Kier molecular flexibility index (Phi) is 6.48. The van der Waals surface area contributed by atoms with Gasteiger partial charge < -0.3 is 24.6 Å². The summed E-state index contributed by atoms with van der Waals surface area (Å²) in [6.45, 7) is 4.69. The molecule has 0 spiro atoms. The highest BCUT2D eigenvalue weighted by Crippen LogP contribution is 2.27. The standard InChI is InChI=1S/C20H25N5O4/c1-14-22-16(11-19(23-14)25-8-6-24(13-26)7-9-25)20(27)21-12-15-4-5-17(28-2)18(10-15)29-3/h4-5,10-11,13H,6-9,12H2,1-3H3,(H,21,27). The molecule has 2 amide bonds. The van der Waals surface area contributed by atoms with Gasteiger partial charge >= 0.3 is 0 Å². The molecule has 0 bridgehead atoms. The molecule has 0 atom stereocenters. The lowest BCUT2D eigenvalue weighted by Crippen LogP contribution is -2.46. The van der Waals surface area contributed by atoms with Gasteiger partial charge in [0, 0.05) is 38.8 Å². The number of aromatic nitrogens is 2. The predicted octanol–water partition coefficient (Wildman–Crippen LogP) is 1.01. The Bertz CT molecular complexity index is 881. The summed E-state index contributed by atoms with van der Waals surface area (Å²) >= 11 is 0. The highest BCUT2D eigenvalue weighted by atomic mass is 16.5. The molecule has 9 heteroatoms. The van der Waals surface area contributed by atoms with Gasteiger partial charge in [-0.3, -0.25) is 9.59 Å². The molecule has 1 aromatic heterocycles. The van der Waals surface area contributed by atoms with Gasteiger partial charge in [-0.05, 0) is 24.6 Å². The lowest BCUT2D eigenvalue weighted by atomic mass is 10.2. The fourth-order valence-corrected chi connectivity index (χ4v) is 3.15. The second-order valence-electron chi connectivity index (χ2n) is 6.66. The highest BCUT2D eigenvalue weighted by molar-refractivity contribution is 5.93. The van der Waals surface area contributed by atoms with Crippen molar-refractivity contribution in [3.63, 3.8) is 0 Å². The van der Waals surface area contributed by atoms with Gasteiger partial charge in [0.1, 0.15) is 17.3 Å². The summed E-state index contributed by atoms with van der Waals surface area (Å²) in [5.41, 5.74) is 1.19.